The number of ether oxygens (including phenoxy) is 1. The fraction of sp³-hybridized carbons (Fsp3) is 0.533. The van der Waals surface area contributed by atoms with Crippen molar-refractivity contribution in [3.05, 3.63) is 28.3 Å². The van der Waals surface area contributed by atoms with Gasteiger partial charge in [0, 0.05) is 35.4 Å². The second kappa shape index (κ2) is 5.51. The molecule has 1 heterocycles. The maximum Gasteiger partial charge on any atom is 0.144 e. The number of nitrogens with two attached hydrogens (primary N) is 1. The summed E-state index contributed by atoms with van der Waals surface area (Å²) in [6, 6.07) is 3.75. The van der Waals surface area contributed by atoms with Gasteiger partial charge in [-0.1, -0.05) is 25.4 Å². The molecule has 104 valence electrons. The number of benzene rings is 1. The minimum atomic E-state index is -0.464. The van der Waals surface area contributed by atoms with Gasteiger partial charge in [-0.05, 0) is 24.1 Å². The molecule has 19 heavy (non-hydrogen) atoms. The minimum Gasteiger partial charge on any atom is -0.493 e. The first-order chi connectivity index (χ1) is 9.00. The number of halogens is 1. The van der Waals surface area contributed by atoms with Crippen LogP contribution in [0.4, 0.5) is 0 Å². The minimum absolute atomic E-state index is 0.150. The van der Waals surface area contributed by atoms with E-state index >= 15 is 0 Å². The van der Waals surface area contributed by atoms with Crippen molar-refractivity contribution in [1.82, 2.24) is 0 Å². The summed E-state index contributed by atoms with van der Waals surface area (Å²) in [5, 5.41) is 0.665. The summed E-state index contributed by atoms with van der Waals surface area (Å²) in [4.78, 5) is 12.4. The molecule has 0 saturated heterocycles. The molecule has 0 fully saturated rings. The zero-order chi connectivity index (χ0) is 14.0. The van der Waals surface area contributed by atoms with Gasteiger partial charge in [-0.3, -0.25) is 4.79 Å². The molecule has 4 heteroatoms. The third-order valence-electron chi connectivity index (χ3n) is 4.08. The summed E-state index contributed by atoms with van der Waals surface area (Å²) in [6.07, 6.45) is 1.94. The standard InChI is InChI=1S/C15H20ClNO2/c1-3-15(2,9-17)13(18)8-11-7-12(16)6-10-4-5-19-14(10)11/h6-7H,3-5,8-9,17H2,1-2H3. The Labute approximate surface area is 119 Å². The second-order valence-corrected chi connectivity index (χ2v) is 5.81. The Morgan fingerprint density at radius 2 is 2.26 bits per heavy atom. The van der Waals surface area contributed by atoms with Crippen LogP contribution in [0, 0.1) is 5.41 Å². The van der Waals surface area contributed by atoms with E-state index in [1.807, 2.05) is 26.0 Å². The Morgan fingerprint density at radius 3 is 2.89 bits per heavy atom. The summed E-state index contributed by atoms with van der Waals surface area (Å²) in [6.45, 7) is 4.94. The molecule has 0 spiro atoms. The summed E-state index contributed by atoms with van der Waals surface area (Å²) in [5.41, 5.74) is 7.26. The van der Waals surface area contributed by atoms with Crippen LogP contribution in [0.5, 0.6) is 5.75 Å². The van der Waals surface area contributed by atoms with E-state index in [0.717, 1.165) is 29.7 Å². The lowest BCUT2D eigenvalue weighted by molar-refractivity contribution is -0.126. The molecule has 0 bridgehead atoms. The molecule has 1 aromatic rings. The molecule has 1 aliphatic heterocycles. The largest absolute Gasteiger partial charge is 0.493 e. The normalized spacial score (nSPS) is 16.6. The van der Waals surface area contributed by atoms with Crippen LogP contribution < -0.4 is 10.5 Å². The number of ketones is 1. The summed E-state index contributed by atoms with van der Waals surface area (Å²) >= 11 is 6.10. The van der Waals surface area contributed by atoms with Gasteiger partial charge in [0.15, 0.2) is 0 Å². The molecule has 2 rings (SSSR count). The zero-order valence-corrected chi connectivity index (χ0v) is 12.2. The van der Waals surface area contributed by atoms with Gasteiger partial charge in [0.25, 0.3) is 0 Å². The van der Waals surface area contributed by atoms with Crippen LogP contribution >= 0.6 is 11.6 Å². The highest BCUT2D eigenvalue weighted by Crippen LogP contribution is 2.34. The first-order valence-corrected chi connectivity index (χ1v) is 7.05. The zero-order valence-electron chi connectivity index (χ0n) is 11.5. The number of carbonyl (C=O) groups excluding carboxylic acids is 1. The molecule has 0 aromatic heterocycles. The molecule has 0 amide bonds. The van der Waals surface area contributed by atoms with Gasteiger partial charge in [-0.15, -0.1) is 0 Å². The molecule has 3 nitrogen and oxygen atoms in total. The van der Waals surface area contributed by atoms with Gasteiger partial charge in [-0.2, -0.15) is 0 Å². The molecule has 1 aliphatic rings. The highest BCUT2D eigenvalue weighted by Gasteiger charge is 2.30. The van der Waals surface area contributed by atoms with Gasteiger partial charge in [-0.25, -0.2) is 0 Å². The van der Waals surface area contributed by atoms with Crippen molar-refractivity contribution in [2.75, 3.05) is 13.2 Å². The van der Waals surface area contributed by atoms with Crippen molar-refractivity contribution < 1.29 is 9.53 Å². The second-order valence-electron chi connectivity index (χ2n) is 5.37. The van der Waals surface area contributed by atoms with Crippen LogP contribution in [-0.2, 0) is 17.6 Å². The van der Waals surface area contributed by atoms with Gasteiger partial charge >= 0.3 is 0 Å². The van der Waals surface area contributed by atoms with Gasteiger partial charge in [0.1, 0.15) is 11.5 Å². The van der Waals surface area contributed by atoms with Crippen LogP contribution in [-0.4, -0.2) is 18.9 Å². The van der Waals surface area contributed by atoms with Crippen molar-refractivity contribution in [1.29, 1.82) is 0 Å². The van der Waals surface area contributed by atoms with Crippen molar-refractivity contribution >= 4 is 17.4 Å². The van der Waals surface area contributed by atoms with Gasteiger partial charge in [0.05, 0.1) is 6.61 Å². The van der Waals surface area contributed by atoms with E-state index in [-0.39, 0.29) is 5.78 Å². The monoisotopic (exact) mass is 281 g/mol. The van der Waals surface area contributed by atoms with E-state index in [4.69, 9.17) is 22.1 Å². The molecule has 0 aliphatic carbocycles. The molecule has 1 aromatic carbocycles. The van der Waals surface area contributed by atoms with E-state index in [9.17, 15) is 4.79 Å². The summed E-state index contributed by atoms with van der Waals surface area (Å²) in [7, 11) is 0. The number of hydrogen-bond donors (Lipinski definition) is 1. The van der Waals surface area contributed by atoms with Crippen molar-refractivity contribution in [2.24, 2.45) is 11.1 Å². The maximum absolute atomic E-state index is 12.4. The molecule has 2 N–H and O–H groups in total. The summed E-state index contributed by atoms with van der Waals surface area (Å²) < 4.78 is 5.62. The van der Waals surface area contributed by atoms with Crippen molar-refractivity contribution in [3.8, 4) is 5.75 Å². The molecule has 1 atom stereocenters. The molecule has 0 saturated carbocycles. The van der Waals surface area contributed by atoms with Crippen molar-refractivity contribution in [2.45, 2.75) is 33.1 Å². The average Bonchev–Trinajstić information content (AvgIpc) is 2.85. The van der Waals surface area contributed by atoms with Crippen LogP contribution in [0.1, 0.15) is 31.4 Å². The topological polar surface area (TPSA) is 52.3 Å². The highest BCUT2D eigenvalue weighted by atomic mass is 35.5. The van der Waals surface area contributed by atoms with Crippen LogP contribution in [0.15, 0.2) is 12.1 Å². The van der Waals surface area contributed by atoms with Crippen molar-refractivity contribution in [3.63, 3.8) is 0 Å². The number of Topliss-reactive ketones (excluding diaryl/α,β-unsaturated/α-hetero) is 1. The average molecular weight is 282 g/mol. The first-order valence-electron chi connectivity index (χ1n) is 6.67. The SMILES string of the molecule is CCC(C)(CN)C(=O)Cc1cc(Cl)cc2c1OCC2. The fourth-order valence-electron chi connectivity index (χ4n) is 2.32. The van der Waals surface area contributed by atoms with E-state index < -0.39 is 5.41 Å². The number of fused-ring (bicyclic) bond motifs is 1. The highest BCUT2D eigenvalue weighted by molar-refractivity contribution is 6.30. The lowest BCUT2D eigenvalue weighted by Gasteiger charge is -2.25. The molecule has 1 unspecified atom stereocenters. The number of hydrogen-bond acceptors (Lipinski definition) is 3. The fourth-order valence-corrected chi connectivity index (χ4v) is 2.58. The van der Waals surface area contributed by atoms with E-state index in [0.29, 0.717) is 24.6 Å². The Kier molecular flexibility index (Phi) is 4.16. The molecular formula is C15H20ClNO2. The lowest BCUT2D eigenvalue weighted by atomic mass is 9.80. The van der Waals surface area contributed by atoms with Crippen LogP contribution in [0.2, 0.25) is 5.02 Å². The Bertz CT molecular complexity index is 495. The Balaban J connectivity index is 2.27. The molecule has 0 radical (unpaired) electrons. The van der Waals surface area contributed by atoms with Gasteiger partial charge < -0.3 is 10.5 Å². The lowest BCUT2D eigenvalue weighted by Crippen LogP contribution is -2.36. The van der Waals surface area contributed by atoms with Crippen LogP contribution in [0.3, 0.4) is 0 Å². The third-order valence-corrected chi connectivity index (χ3v) is 4.30. The Hall–Kier alpha value is -1.06. The predicted octanol–water partition coefficient (Wildman–Crippen LogP) is 2.76. The molecular weight excluding hydrogens is 262 g/mol. The van der Waals surface area contributed by atoms with Gasteiger partial charge in [0.2, 0.25) is 0 Å². The predicted molar refractivity (Wildman–Crippen MR) is 76.8 cm³/mol. The first kappa shape index (κ1) is 14.4. The smallest absolute Gasteiger partial charge is 0.144 e. The Morgan fingerprint density at radius 1 is 1.53 bits per heavy atom. The van der Waals surface area contributed by atoms with E-state index in [2.05, 4.69) is 0 Å². The third kappa shape index (κ3) is 2.77. The van der Waals surface area contributed by atoms with Crippen LogP contribution in [0.25, 0.3) is 0 Å². The maximum atomic E-state index is 12.4. The van der Waals surface area contributed by atoms with E-state index in [1.165, 1.54) is 0 Å². The quantitative estimate of drug-likeness (QED) is 0.903. The number of rotatable bonds is 5. The van der Waals surface area contributed by atoms with E-state index in [1.54, 1.807) is 0 Å². The summed E-state index contributed by atoms with van der Waals surface area (Å²) in [5.74, 6) is 0.991. The number of carbonyl (C=O) groups is 1.